The second-order valence-corrected chi connectivity index (χ2v) is 17.1. The molecule has 0 fully saturated rings. The summed E-state index contributed by atoms with van der Waals surface area (Å²) in [5.74, 6) is -0.906. The van der Waals surface area contributed by atoms with Crippen molar-refractivity contribution in [2.24, 2.45) is 0 Å². The van der Waals surface area contributed by atoms with Gasteiger partial charge in [0.2, 0.25) is 0 Å². The highest BCUT2D eigenvalue weighted by Crippen LogP contribution is 2.16. The minimum atomic E-state index is -0.784. The molecule has 0 amide bonds. The van der Waals surface area contributed by atoms with E-state index in [1.807, 2.05) is 0 Å². The molecule has 0 radical (unpaired) electrons. The van der Waals surface area contributed by atoms with Gasteiger partial charge in [0.15, 0.2) is 6.10 Å². The van der Waals surface area contributed by atoms with E-state index in [2.05, 4.69) is 81.5 Å². The summed E-state index contributed by atoms with van der Waals surface area (Å²) in [7, 11) is 0. The Morgan fingerprint density at radius 1 is 0.361 bits per heavy atom. The molecule has 0 bridgehead atoms. The highest BCUT2D eigenvalue weighted by molar-refractivity contribution is 5.71. The maximum absolute atomic E-state index is 12.8. The van der Waals surface area contributed by atoms with Crippen molar-refractivity contribution >= 4 is 17.9 Å². The van der Waals surface area contributed by atoms with Crippen molar-refractivity contribution in [3.05, 3.63) is 60.8 Å². The molecule has 1 atom stereocenters. The molecule has 6 nitrogen and oxygen atoms in total. The molecule has 0 heterocycles. The Labute approximate surface area is 377 Å². The molecule has 0 saturated heterocycles. The smallest absolute Gasteiger partial charge is 0.306 e. The third kappa shape index (κ3) is 48.0. The minimum absolute atomic E-state index is 0.0823. The van der Waals surface area contributed by atoms with Gasteiger partial charge in [-0.25, -0.2) is 0 Å². The first kappa shape index (κ1) is 58.1. The monoisotopic (exact) mass is 853 g/mol. The molecule has 61 heavy (non-hydrogen) atoms. The third-order valence-electron chi connectivity index (χ3n) is 11.1. The van der Waals surface area contributed by atoms with Crippen molar-refractivity contribution < 1.29 is 28.6 Å². The largest absolute Gasteiger partial charge is 0.462 e. The van der Waals surface area contributed by atoms with Crippen LogP contribution in [0.4, 0.5) is 0 Å². The lowest BCUT2D eigenvalue weighted by molar-refractivity contribution is -0.167. The number of carbonyl (C=O) groups is 3. The van der Waals surface area contributed by atoms with Crippen molar-refractivity contribution in [3.8, 4) is 0 Å². The highest BCUT2D eigenvalue weighted by atomic mass is 16.6. The lowest BCUT2D eigenvalue weighted by Crippen LogP contribution is -2.30. The molecule has 352 valence electrons. The second-order valence-electron chi connectivity index (χ2n) is 17.1. The SMILES string of the molecule is CC/C=C/C=C/C=C/CCCCCCCC(=O)OCC(COC(=O)CCCCCCCCCCCCCCCCCC)OC(=O)CCCCCCCCC/C=C/C/C=C/CC. The maximum atomic E-state index is 12.8. The molecule has 0 N–H and O–H groups in total. The average molecular weight is 853 g/mol. The molecule has 0 aromatic carbocycles. The van der Waals surface area contributed by atoms with Crippen LogP contribution < -0.4 is 0 Å². The van der Waals surface area contributed by atoms with Gasteiger partial charge in [-0.1, -0.05) is 229 Å². The van der Waals surface area contributed by atoms with Crippen molar-refractivity contribution in [1.29, 1.82) is 0 Å². The van der Waals surface area contributed by atoms with Crippen molar-refractivity contribution in [2.45, 2.75) is 258 Å². The Hall–Kier alpha value is -2.89. The molecule has 1 unspecified atom stereocenters. The molecule has 0 aliphatic heterocycles. The van der Waals surface area contributed by atoms with Crippen LogP contribution in [0.1, 0.15) is 252 Å². The molecule has 0 rings (SSSR count). The molecule has 6 heteroatoms. The quantitative estimate of drug-likeness (QED) is 0.0200. The van der Waals surface area contributed by atoms with Crippen molar-refractivity contribution in [3.63, 3.8) is 0 Å². The lowest BCUT2D eigenvalue weighted by Gasteiger charge is -2.18. The van der Waals surface area contributed by atoms with Crippen LogP contribution >= 0.6 is 0 Å². The Morgan fingerprint density at radius 3 is 1.16 bits per heavy atom. The van der Waals surface area contributed by atoms with E-state index in [4.69, 9.17) is 14.2 Å². The normalized spacial score (nSPS) is 12.5. The van der Waals surface area contributed by atoms with Crippen LogP contribution in [0.2, 0.25) is 0 Å². The van der Waals surface area contributed by atoms with Gasteiger partial charge >= 0.3 is 17.9 Å². The van der Waals surface area contributed by atoms with Crippen LogP contribution in [0.25, 0.3) is 0 Å². The summed E-state index contributed by atoms with van der Waals surface area (Å²) in [6.07, 6.45) is 60.6. The number of esters is 3. The standard InChI is InChI=1S/C55H96O6/c1-4-7-10-13-16-19-22-25-27-28-31-33-36-39-42-45-48-54(57)60-51-52(50-59-53(56)47-44-41-38-35-32-29-24-21-18-15-12-9-6-3)61-55(58)49-46-43-40-37-34-30-26-23-20-17-14-11-8-5-2/h8-9,11-12,15,17-18,20-21,24,52H,4-7,10,13-14,16,19,22-23,25-51H2,1-3H3/b11-8+,12-9+,18-15+,20-17+,24-21+. The number of carbonyl (C=O) groups excluding carboxylic acids is 3. The van der Waals surface area contributed by atoms with Gasteiger partial charge in [-0.15, -0.1) is 0 Å². The fraction of sp³-hybridized carbons (Fsp3) is 0.764. The second kappa shape index (κ2) is 49.8. The Bertz CT molecular complexity index is 1120. The Morgan fingerprint density at radius 2 is 0.721 bits per heavy atom. The van der Waals surface area contributed by atoms with E-state index in [9.17, 15) is 14.4 Å². The molecule has 0 spiro atoms. The number of ether oxygens (including phenoxy) is 3. The molecule has 0 aliphatic rings. The summed E-state index contributed by atoms with van der Waals surface area (Å²) in [6, 6.07) is 0. The van der Waals surface area contributed by atoms with Gasteiger partial charge in [-0.3, -0.25) is 14.4 Å². The number of hydrogen-bond acceptors (Lipinski definition) is 6. The van der Waals surface area contributed by atoms with Crippen molar-refractivity contribution in [2.75, 3.05) is 13.2 Å². The molecule has 0 aliphatic carbocycles. The molecule has 0 aromatic rings. The lowest BCUT2D eigenvalue weighted by atomic mass is 10.0. The van der Waals surface area contributed by atoms with E-state index in [-0.39, 0.29) is 31.1 Å². The Kier molecular flexibility index (Phi) is 47.4. The van der Waals surface area contributed by atoms with Gasteiger partial charge in [-0.2, -0.15) is 0 Å². The summed E-state index contributed by atoms with van der Waals surface area (Å²) >= 11 is 0. The van der Waals surface area contributed by atoms with Crippen LogP contribution in [0.3, 0.4) is 0 Å². The zero-order valence-corrected chi connectivity index (χ0v) is 40.2. The van der Waals surface area contributed by atoms with E-state index in [1.165, 1.54) is 109 Å². The fourth-order valence-corrected chi connectivity index (χ4v) is 7.25. The predicted octanol–water partition coefficient (Wildman–Crippen LogP) is 16.9. The van der Waals surface area contributed by atoms with E-state index < -0.39 is 6.10 Å². The van der Waals surface area contributed by atoms with Crippen molar-refractivity contribution in [1.82, 2.24) is 0 Å². The molecule has 0 saturated carbocycles. The summed E-state index contributed by atoms with van der Waals surface area (Å²) in [4.78, 5) is 38.0. The first-order chi connectivity index (χ1) is 30.0. The number of rotatable bonds is 46. The van der Waals surface area contributed by atoms with Crippen LogP contribution in [-0.4, -0.2) is 37.2 Å². The average Bonchev–Trinajstić information content (AvgIpc) is 3.26. The van der Waals surface area contributed by atoms with E-state index >= 15 is 0 Å². The van der Waals surface area contributed by atoms with E-state index in [0.717, 1.165) is 103 Å². The summed E-state index contributed by atoms with van der Waals surface area (Å²) in [5, 5.41) is 0. The van der Waals surface area contributed by atoms with Gasteiger partial charge in [0.1, 0.15) is 13.2 Å². The maximum Gasteiger partial charge on any atom is 0.306 e. The summed E-state index contributed by atoms with van der Waals surface area (Å²) in [5.41, 5.74) is 0. The topological polar surface area (TPSA) is 78.9 Å². The summed E-state index contributed by atoms with van der Waals surface area (Å²) in [6.45, 7) is 6.39. The van der Waals surface area contributed by atoms with Gasteiger partial charge in [0, 0.05) is 19.3 Å². The number of allylic oxidation sites excluding steroid dienone is 10. The first-order valence-corrected chi connectivity index (χ1v) is 25.8. The van der Waals surface area contributed by atoms with E-state index in [1.54, 1.807) is 0 Å². The van der Waals surface area contributed by atoms with Gasteiger partial charge in [0.25, 0.3) is 0 Å². The fourth-order valence-electron chi connectivity index (χ4n) is 7.25. The van der Waals surface area contributed by atoms with Gasteiger partial charge in [-0.05, 0) is 64.2 Å². The van der Waals surface area contributed by atoms with Crippen LogP contribution in [-0.2, 0) is 28.6 Å². The molecular weight excluding hydrogens is 757 g/mol. The Balaban J connectivity index is 4.38. The summed E-state index contributed by atoms with van der Waals surface area (Å²) < 4.78 is 16.8. The number of hydrogen-bond donors (Lipinski definition) is 0. The van der Waals surface area contributed by atoms with Crippen LogP contribution in [0, 0.1) is 0 Å². The van der Waals surface area contributed by atoms with Gasteiger partial charge < -0.3 is 14.2 Å². The first-order valence-electron chi connectivity index (χ1n) is 25.8. The van der Waals surface area contributed by atoms with Crippen LogP contribution in [0.15, 0.2) is 60.8 Å². The van der Waals surface area contributed by atoms with E-state index in [0.29, 0.717) is 19.3 Å². The van der Waals surface area contributed by atoms with Crippen LogP contribution in [0.5, 0.6) is 0 Å². The molecular formula is C55H96O6. The zero-order valence-electron chi connectivity index (χ0n) is 40.2. The highest BCUT2D eigenvalue weighted by Gasteiger charge is 2.19. The molecule has 0 aromatic heterocycles. The number of unbranched alkanes of at least 4 members (excludes halogenated alkanes) is 27. The van der Waals surface area contributed by atoms with Gasteiger partial charge in [0.05, 0.1) is 0 Å². The predicted molar refractivity (Wildman–Crippen MR) is 261 cm³/mol. The minimum Gasteiger partial charge on any atom is -0.462 e. The third-order valence-corrected chi connectivity index (χ3v) is 11.1. The zero-order chi connectivity index (χ0) is 44.4.